The molecule has 1 aliphatic carbocycles. The summed E-state index contributed by atoms with van der Waals surface area (Å²) < 4.78 is 41.1. The van der Waals surface area contributed by atoms with E-state index >= 15 is 0 Å². The van der Waals surface area contributed by atoms with Crippen molar-refractivity contribution in [3.8, 4) is 11.1 Å². The second-order valence-electron chi connectivity index (χ2n) is 7.58. The van der Waals surface area contributed by atoms with Gasteiger partial charge >= 0.3 is 0 Å². The minimum absolute atomic E-state index is 0.320. The van der Waals surface area contributed by atoms with Crippen molar-refractivity contribution in [3.05, 3.63) is 59.4 Å². The quantitative estimate of drug-likeness (QED) is 0.465. The van der Waals surface area contributed by atoms with E-state index in [4.69, 9.17) is 0 Å². The van der Waals surface area contributed by atoms with Gasteiger partial charge in [-0.1, -0.05) is 50.8 Å². The van der Waals surface area contributed by atoms with Gasteiger partial charge in [-0.2, -0.15) is 0 Å². The van der Waals surface area contributed by atoms with Gasteiger partial charge in [-0.05, 0) is 66.8 Å². The molecule has 0 spiro atoms. The van der Waals surface area contributed by atoms with E-state index < -0.39 is 11.6 Å². The van der Waals surface area contributed by atoms with Crippen LogP contribution in [0, 0.1) is 23.4 Å². The molecule has 0 aromatic heterocycles. The first-order valence-corrected chi connectivity index (χ1v) is 9.83. The van der Waals surface area contributed by atoms with Crippen LogP contribution in [0.5, 0.6) is 0 Å². The van der Waals surface area contributed by atoms with Gasteiger partial charge in [-0.3, -0.25) is 0 Å². The zero-order chi connectivity index (χ0) is 18.5. The van der Waals surface area contributed by atoms with Gasteiger partial charge < -0.3 is 0 Å². The van der Waals surface area contributed by atoms with Crippen molar-refractivity contribution >= 4 is 0 Å². The summed E-state index contributed by atoms with van der Waals surface area (Å²) in [4.78, 5) is 0. The van der Waals surface area contributed by atoms with Crippen molar-refractivity contribution < 1.29 is 13.2 Å². The molecule has 0 radical (unpaired) electrons. The lowest BCUT2D eigenvalue weighted by Gasteiger charge is -2.29. The topological polar surface area (TPSA) is 0 Å². The van der Waals surface area contributed by atoms with Crippen LogP contribution in [0.2, 0.25) is 0 Å². The SMILES string of the molecule is CCCCCC1CCC(c2ccc(-c3ccc(F)c(F)c3)c(F)c2)CC1. The molecule has 0 heterocycles. The average molecular weight is 360 g/mol. The van der Waals surface area contributed by atoms with E-state index in [-0.39, 0.29) is 5.82 Å². The minimum Gasteiger partial charge on any atom is -0.206 e. The Labute approximate surface area is 154 Å². The Kier molecular flexibility index (Phi) is 6.39. The highest BCUT2D eigenvalue weighted by molar-refractivity contribution is 5.64. The monoisotopic (exact) mass is 360 g/mol. The number of unbranched alkanes of at least 4 members (excludes halogenated alkanes) is 2. The molecule has 140 valence electrons. The molecule has 0 amide bonds. The summed E-state index contributed by atoms with van der Waals surface area (Å²) in [5.41, 5.74) is 1.72. The summed E-state index contributed by atoms with van der Waals surface area (Å²) in [5.74, 6) is -0.998. The van der Waals surface area contributed by atoms with Gasteiger partial charge in [0.15, 0.2) is 11.6 Å². The summed E-state index contributed by atoms with van der Waals surface area (Å²) in [6.07, 6.45) is 9.90. The van der Waals surface area contributed by atoms with Crippen molar-refractivity contribution in [2.75, 3.05) is 0 Å². The number of hydrogen-bond acceptors (Lipinski definition) is 0. The molecule has 26 heavy (non-hydrogen) atoms. The van der Waals surface area contributed by atoms with Crippen molar-refractivity contribution in [3.63, 3.8) is 0 Å². The molecule has 3 rings (SSSR count). The first-order chi connectivity index (χ1) is 12.6. The van der Waals surface area contributed by atoms with Gasteiger partial charge in [0.2, 0.25) is 0 Å². The molecule has 2 aromatic carbocycles. The molecular weight excluding hydrogens is 333 g/mol. The maximum absolute atomic E-state index is 14.6. The fourth-order valence-electron chi connectivity index (χ4n) is 4.15. The molecular formula is C23H27F3. The second kappa shape index (κ2) is 8.75. The molecule has 2 aromatic rings. The smallest absolute Gasteiger partial charge is 0.159 e. The van der Waals surface area contributed by atoms with Crippen molar-refractivity contribution in [2.24, 2.45) is 5.92 Å². The van der Waals surface area contributed by atoms with Crippen LogP contribution in [0.4, 0.5) is 13.2 Å². The molecule has 0 nitrogen and oxygen atoms in total. The van der Waals surface area contributed by atoms with Crippen LogP contribution in [0.15, 0.2) is 36.4 Å². The van der Waals surface area contributed by atoms with Gasteiger partial charge in [0, 0.05) is 5.56 Å². The number of halogens is 3. The zero-order valence-electron chi connectivity index (χ0n) is 15.4. The lowest BCUT2D eigenvalue weighted by Crippen LogP contribution is -2.13. The third-order valence-corrected chi connectivity index (χ3v) is 5.76. The van der Waals surface area contributed by atoms with E-state index in [1.807, 2.05) is 6.07 Å². The molecule has 3 heteroatoms. The van der Waals surface area contributed by atoms with E-state index in [0.29, 0.717) is 17.0 Å². The van der Waals surface area contributed by atoms with E-state index in [1.54, 1.807) is 12.1 Å². The van der Waals surface area contributed by atoms with Crippen LogP contribution in [0.25, 0.3) is 11.1 Å². The Balaban J connectivity index is 1.66. The average Bonchev–Trinajstić information content (AvgIpc) is 2.65. The van der Waals surface area contributed by atoms with Gasteiger partial charge in [0.1, 0.15) is 5.82 Å². The van der Waals surface area contributed by atoms with E-state index in [2.05, 4.69) is 6.92 Å². The molecule has 0 unspecified atom stereocenters. The molecule has 0 aliphatic heterocycles. The molecule has 0 atom stereocenters. The fraction of sp³-hybridized carbons (Fsp3) is 0.478. The van der Waals surface area contributed by atoms with Crippen LogP contribution in [-0.4, -0.2) is 0 Å². The normalized spacial score (nSPS) is 20.3. The molecule has 0 N–H and O–H groups in total. The number of rotatable bonds is 6. The summed E-state index contributed by atoms with van der Waals surface area (Å²) >= 11 is 0. The van der Waals surface area contributed by atoms with Crippen LogP contribution in [-0.2, 0) is 0 Å². The standard InChI is InChI=1S/C23H27F3/c1-2-3-4-5-16-6-8-17(9-7-16)18-10-12-20(22(25)14-18)19-11-13-21(24)23(26)15-19/h10-17H,2-9H2,1H3. The highest BCUT2D eigenvalue weighted by atomic mass is 19.2. The lowest BCUT2D eigenvalue weighted by atomic mass is 9.77. The summed E-state index contributed by atoms with van der Waals surface area (Å²) in [7, 11) is 0. The first-order valence-electron chi connectivity index (χ1n) is 9.83. The van der Waals surface area contributed by atoms with E-state index in [1.165, 1.54) is 44.6 Å². The van der Waals surface area contributed by atoms with Gasteiger partial charge in [0.25, 0.3) is 0 Å². The van der Waals surface area contributed by atoms with Gasteiger partial charge in [-0.25, -0.2) is 13.2 Å². The molecule has 1 saturated carbocycles. The molecule has 1 aliphatic rings. The predicted molar refractivity (Wildman–Crippen MR) is 101 cm³/mol. The summed E-state index contributed by atoms with van der Waals surface area (Å²) in [6, 6.07) is 8.73. The molecule has 0 bridgehead atoms. The van der Waals surface area contributed by atoms with Gasteiger partial charge in [-0.15, -0.1) is 0 Å². The third kappa shape index (κ3) is 4.49. The maximum atomic E-state index is 14.6. The molecule has 0 saturated heterocycles. The Morgan fingerprint density at radius 2 is 1.58 bits per heavy atom. The third-order valence-electron chi connectivity index (χ3n) is 5.76. The first kappa shape index (κ1) is 19.0. The van der Waals surface area contributed by atoms with Crippen LogP contribution in [0.1, 0.15) is 69.8 Å². The Hall–Kier alpha value is -1.77. The lowest BCUT2D eigenvalue weighted by molar-refractivity contribution is 0.302. The Bertz CT molecular complexity index is 730. The number of benzene rings is 2. The number of hydrogen-bond donors (Lipinski definition) is 0. The van der Waals surface area contributed by atoms with E-state index in [9.17, 15) is 13.2 Å². The van der Waals surface area contributed by atoms with Crippen LogP contribution in [0.3, 0.4) is 0 Å². The van der Waals surface area contributed by atoms with Crippen molar-refractivity contribution in [1.82, 2.24) is 0 Å². The maximum Gasteiger partial charge on any atom is 0.159 e. The Morgan fingerprint density at radius 1 is 0.808 bits per heavy atom. The Morgan fingerprint density at radius 3 is 2.23 bits per heavy atom. The highest BCUT2D eigenvalue weighted by Crippen LogP contribution is 2.39. The summed E-state index contributed by atoms with van der Waals surface area (Å²) in [6.45, 7) is 2.23. The fourth-order valence-corrected chi connectivity index (χ4v) is 4.15. The second-order valence-corrected chi connectivity index (χ2v) is 7.58. The van der Waals surface area contributed by atoms with Crippen LogP contribution >= 0.6 is 0 Å². The summed E-state index contributed by atoms with van der Waals surface area (Å²) in [5, 5.41) is 0. The van der Waals surface area contributed by atoms with Crippen molar-refractivity contribution in [2.45, 2.75) is 64.2 Å². The van der Waals surface area contributed by atoms with Gasteiger partial charge in [0.05, 0.1) is 0 Å². The van der Waals surface area contributed by atoms with E-state index in [0.717, 1.165) is 36.5 Å². The molecule has 1 fully saturated rings. The van der Waals surface area contributed by atoms with Crippen LogP contribution < -0.4 is 0 Å². The predicted octanol–water partition coefficient (Wildman–Crippen LogP) is 7.63. The minimum atomic E-state index is -0.952. The highest BCUT2D eigenvalue weighted by Gasteiger charge is 2.23. The largest absolute Gasteiger partial charge is 0.206 e. The van der Waals surface area contributed by atoms with Crippen molar-refractivity contribution in [1.29, 1.82) is 0 Å². The zero-order valence-corrected chi connectivity index (χ0v) is 15.4.